The van der Waals surface area contributed by atoms with Gasteiger partial charge in [-0.2, -0.15) is 13.2 Å². The fourth-order valence-electron chi connectivity index (χ4n) is 5.39. The number of piperazine rings is 1. The molecule has 2 N–H and O–H groups in total. The Morgan fingerprint density at radius 1 is 0.907 bits per heavy atom. The van der Waals surface area contributed by atoms with Crippen LogP contribution in [0.4, 0.5) is 29.5 Å². The van der Waals surface area contributed by atoms with Crippen LogP contribution < -0.4 is 15.4 Å². The lowest BCUT2D eigenvalue weighted by molar-refractivity contribution is -0.138. The summed E-state index contributed by atoms with van der Waals surface area (Å²) in [5, 5.41) is 5.28. The fourth-order valence-corrected chi connectivity index (χ4v) is 5.39. The largest absolute Gasteiger partial charge is 0.457 e. The topological polar surface area (TPSA) is 90.0 Å². The highest BCUT2D eigenvalue weighted by atomic mass is 19.4. The summed E-state index contributed by atoms with van der Waals surface area (Å²) in [5.74, 6) is 1.14. The van der Waals surface area contributed by atoms with E-state index in [4.69, 9.17) is 4.74 Å². The molecule has 0 radical (unpaired) electrons. The normalized spacial score (nSPS) is 16.0. The van der Waals surface area contributed by atoms with Crippen molar-refractivity contribution in [2.45, 2.75) is 39.5 Å². The molecule has 2 aliphatic heterocycles. The highest BCUT2D eigenvalue weighted by Gasteiger charge is 2.34. The van der Waals surface area contributed by atoms with Crippen molar-refractivity contribution in [3.8, 4) is 11.5 Å². The number of pyridine rings is 1. The average Bonchev–Trinajstić information content (AvgIpc) is 2.97. The van der Waals surface area contributed by atoms with Crippen molar-refractivity contribution in [3.63, 3.8) is 0 Å². The van der Waals surface area contributed by atoms with Gasteiger partial charge in [0.2, 0.25) is 5.91 Å². The van der Waals surface area contributed by atoms with Crippen molar-refractivity contribution in [1.29, 1.82) is 0 Å². The Balaban J connectivity index is 1.24. The molecule has 9 nitrogen and oxygen atoms in total. The van der Waals surface area contributed by atoms with Gasteiger partial charge in [-0.1, -0.05) is 19.1 Å². The number of nitrogens with zero attached hydrogens (tertiary/aromatic N) is 4. The number of amides is 3. The van der Waals surface area contributed by atoms with Crippen LogP contribution in [0.1, 0.15) is 36.1 Å². The first-order valence-electron chi connectivity index (χ1n) is 14.3. The molecular formula is C31H35F3N6O3. The van der Waals surface area contributed by atoms with Gasteiger partial charge >= 0.3 is 12.2 Å². The molecule has 12 heteroatoms. The molecule has 43 heavy (non-hydrogen) atoms. The number of carbonyl (C=O) groups is 2. The van der Waals surface area contributed by atoms with E-state index in [1.54, 1.807) is 23.1 Å². The maximum Gasteiger partial charge on any atom is 0.416 e. The Morgan fingerprint density at radius 2 is 1.65 bits per heavy atom. The number of likely N-dealkylation sites (N-methyl/N-ethyl adjacent to an activating group) is 1. The number of aromatic nitrogens is 1. The number of benzene rings is 2. The second-order valence-corrected chi connectivity index (χ2v) is 10.8. The standard InChI is InChI=1S/C31H35F3N6O3/c1-3-38-12-14-39(15-13-38)19-23-4-6-25(17-28(23)31(32,33)34)37-30(42)40-11-9-22-5-7-26(16-24(22)20-40)43-27-8-10-35-29(18-27)36-21(2)41/h4-8,10,16-18H,3,9,11-15,19-20H2,1-2H3,(H,37,42)(H,35,36,41). The van der Waals surface area contributed by atoms with Gasteiger partial charge in [0.1, 0.15) is 17.3 Å². The molecule has 3 amide bonds. The van der Waals surface area contributed by atoms with E-state index in [2.05, 4.69) is 27.4 Å². The molecule has 5 rings (SSSR count). The van der Waals surface area contributed by atoms with Gasteiger partial charge < -0.3 is 25.2 Å². The predicted octanol–water partition coefficient (Wildman–Crippen LogP) is 5.58. The molecule has 2 aliphatic rings. The molecule has 0 aliphatic carbocycles. The van der Waals surface area contributed by atoms with Crippen LogP contribution in [0.3, 0.4) is 0 Å². The third-order valence-electron chi connectivity index (χ3n) is 7.72. The maximum atomic E-state index is 14.0. The van der Waals surface area contributed by atoms with Crippen LogP contribution in [0.2, 0.25) is 0 Å². The molecule has 3 heterocycles. The smallest absolute Gasteiger partial charge is 0.416 e. The number of fused-ring (bicyclic) bond motifs is 1. The van der Waals surface area contributed by atoms with Gasteiger partial charge in [-0.3, -0.25) is 9.69 Å². The van der Waals surface area contributed by atoms with Crippen LogP contribution in [-0.4, -0.2) is 70.9 Å². The van der Waals surface area contributed by atoms with Crippen LogP contribution in [0.15, 0.2) is 54.7 Å². The summed E-state index contributed by atoms with van der Waals surface area (Å²) in [6.45, 7) is 8.42. The minimum absolute atomic E-state index is 0.104. The number of halogens is 3. The first-order chi connectivity index (χ1) is 20.6. The summed E-state index contributed by atoms with van der Waals surface area (Å²) in [4.78, 5) is 34.4. The Labute approximate surface area is 248 Å². The van der Waals surface area contributed by atoms with Gasteiger partial charge in [-0.15, -0.1) is 0 Å². The van der Waals surface area contributed by atoms with E-state index < -0.39 is 17.8 Å². The van der Waals surface area contributed by atoms with E-state index in [0.29, 0.717) is 43.4 Å². The molecule has 2 aromatic carbocycles. The number of nitrogens with one attached hydrogen (secondary N) is 2. The molecule has 1 fully saturated rings. The molecule has 1 saturated heterocycles. The molecule has 1 aromatic heterocycles. The second-order valence-electron chi connectivity index (χ2n) is 10.8. The van der Waals surface area contributed by atoms with Crippen molar-refractivity contribution < 1.29 is 27.5 Å². The SMILES string of the molecule is CCN1CCN(Cc2ccc(NC(=O)N3CCc4ccc(Oc5ccnc(NC(C)=O)c5)cc4C3)cc2C(F)(F)F)CC1. The fraction of sp³-hybridized carbons (Fsp3) is 0.387. The van der Waals surface area contributed by atoms with E-state index in [9.17, 15) is 22.8 Å². The summed E-state index contributed by atoms with van der Waals surface area (Å²) in [6.07, 6.45) is -2.42. The summed E-state index contributed by atoms with van der Waals surface area (Å²) >= 11 is 0. The number of hydrogen-bond acceptors (Lipinski definition) is 6. The number of rotatable bonds is 7. The molecular weight excluding hydrogens is 561 g/mol. The lowest BCUT2D eigenvalue weighted by atomic mass is 9.99. The summed E-state index contributed by atoms with van der Waals surface area (Å²) in [7, 11) is 0. The lowest BCUT2D eigenvalue weighted by Gasteiger charge is -2.34. The van der Waals surface area contributed by atoms with Crippen LogP contribution in [0.25, 0.3) is 0 Å². The van der Waals surface area contributed by atoms with Crippen molar-refractivity contribution >= 4 is 23.4 Å². The minimum Gasteiger partial charge on any atom is -0.457 e. The van der Waals surface area contributed by atoms with Crippen molar-refractivity contribution in [3.05, 3.63) is 77.0 Å². The van der Waals surface area contributed by atoms with Crippen LogP contribution >= 0.6 is 0 Å². The predicted molar refractivity (Wildman–Crippen MR) is 157 cm³/mol. The zero-order valence-electron chi connectivity index (χ0n) is 24.2. The number of alkyl halides is 3. The van der Waals surface area contributed by atoms with E-state index in [1.807, 2.05) is 23.1 Å². The maximum absolute atomic E-state index is 14.0. The van der Waals surface area contributed by atoms with E-state index in [1.165, 1.54) is 19.2 Å². The van der Waals surface area contributed by atoms with Gasteiger partial charge in [0.25, 0.3) is 0 Å². The first kappa shape index (κ1) is 30.3. The Morgan fingerprint density at radius 3 is 2.37 bits per heavy atom. The molecule has 0 unspecified atom stereocenters. The lowest BCUT2D eigenvalue weighted by Crippen LogP contribution is -2.45. The molecule has 0 atom stereocenters. The minimum atomic E-state index is -4.54. The van der Waals surface area contributed by atoms with Gasteiger partial charge in [0, 0.05) is 70.7 Å². The number of carbonyl (C=O) groups excluding carboxylic acids is 2. The summed E-state index contributed by atoms with van der Waals surface area (Å²) < 4.78 is 48.1. The molecule has 0 bridgehead atoms. The summed E-state index contributed by atoms with van der Waals surface area (Å²) in [5.41, 5.74) is 1.52. The van der Waals surface area contributed by atoms with Crippen molar-refractivity contribution in [1.82, 2.24) is 19.7 Å². The van der Waals surface area contributed by atoms with E-state index in [-0.39, 0.29) is 30.2 Å². The quantitative estimate of drug-likeness (QED) is 0.370. The zero-order chi connectivity index (χ0) is 30.6. The highest BCUT2D eigenvalue weighted by molar-refractivity contribution is 5.89. The highest BCUT2D eigenvalue weighted by Crippen LogP contribution is 2.35. The van der Waals surface area contributed by atoms with E-state index in [0.717, 1.165) is 36.8 Å². The van der Waals surface area contributed by atoms with Gasteiger partial charge in [0.15, 0.2) is 0 Å². The average molecular weight is 597 g/mol. The van der Waals surface area contributed by atoms with E-state index >= 15 is 0 Å². The number of anilines is 2. The van der Waals surface area contributed by atoms with Crippen LogP contribution in [-0.2, 0) is 30.5 Å². The summed E-state index contributed by atoms with van der Waals surface area (Å²) in [6, 6.07) is 12.4. The molecule has 0 spiro atoms. The van der Waals surface area contributed by atoms with Crippen molar-refractivity contribution in [2.24, 2.45) is 0 Å². The number of hydrogen-bond donors (Lipinski definition) is 2. The number of urea groups is 1. The number of ether oxygens (including phenoxy) is 1. The van der Waals surface area contributed by atoms with Gasteiger partial charge in [0.05, 0.1) is 5.56 Å². The first-order valence-corrected chi connectivity index (χ1v) is 14.3. The second kappa shape index (κ2) is 13.0. The Hall–Kier alpha value is -4.16. The molecule has 3 aromatic rings. The Kier molecular flexibility index (Phi) is 9.16. The molecule has 228 valence electrons. The Bertz CT molecular complexity index is 1470. The zero-order valence-corrected chi connectivity index (χ0v) is 24.2. The third kappa shape index (κ3) is 7.82. The monoisotopic (exact) mass is 596 g/mol. The van der Waals surface area contributed by atoms with Crippen LogP contribution in [0.5, 0.6) is 11.5 Å². The van der Waals surface area contributed by atoms with Gasteiger partial charge in [-0.05, 0) is 60.0 Å². The van der Waals surface area contributed by atoms with Crippen LogP contribution in [0, 0.1) is 0 Å². The van der Waals surface area contributed by atoms with Gasteiger partial charge in [-0.25, -0.2) is 9.78 Å². The third-order valence-corrected chi connectivity index (χ3v) is 7.72. The van der Waals surface area contributed by atoms with Crippen molar-refractivity contribution in [2.75, 3.05) is 49.9 Å². The molecule has 0 saturated carbocycles.